The Bertz CT molecular complexity index is 1100. The number of esters is 1. The van der Waals surface area contributed by atoms with E-state index < -0.39 is 41.1 Å². The Morgan fingerprint density at radius 3 is 2.61 bits per heavy atom. The number of fused-ring (bicyclic) bond motifs is 1. The number of benzene rings is 1. The van der Waals surface area contributed by atoms with Gasteiger partial charge in [-0.2, -0.15) is 0 Å². The summed E-state index contributed by atoms with van der Waals surface area (Å²) in [4.78, 5) is 45.4. The standard InChI is InChI=1S/C29H39ClN2O6/c1-7-15-31(23-18(6)11-10-12-19(23)30)26(35)24-29-14-13-28(8-2,38-29)22(27(36)37-9-3)21(29)25(34)32(24)20(16-33)17(4)5/h7,10-12,17,20-22,24,33H,1,8-9,13-16H2,2-6H3/t20-,21-,22+,24?,28-,29?/m0/s1. The quantitative estimate of drug-likeness (QED) is 0.353. The third-order valence-electron chi connectivity index (χ3n) is 8.74. The summed E-state index contributed by atoms with van der Waals surface area (Å²) in [7, 11) is 0. The maximum absolute atomic E-state index is 14.7. The lowest BCUT2D eigenvalue weighted by molar-refractivity contribution is -0.162. The molecule has 3 heterocycles. The van der Waals surface area contributed by atoms with Gasteiger partial charge in [-0.05, 0) is 50.7 Å². The lowest BCUT2D eigenvalue weighted by Crippen LogP contribution is -2.60. The minimum atomic E-state index is -1.22. The third kappa shape index (κ3) is 4.07. The molecule has 1 aromatic carbocycles. The van der Waals surface area contributed by atoms with E-state index in [2.05, 4.69) is 6.58 Å². The van der Waals surface area contributed by atoms with Crippen molar-refractivity contribution in [3.8, 4) is 0 Å². The molecule has 6 atom stereocenters. The second kappa shape index (κ2) is 10.6. The molecule has 38 heavy (non-hydrogen) atoms. The number of amides is 2. The molecule has 9 heteroatoms. The van der Waals surface area contributed by atoms with Crippen molar-refractivity contribution in [2.45, 2.75) is 77.2 Å². The van der Waals surface area contributed by atoms with Crippen molar-refractivity contribution in [1.82, 2.24) is 4.90 Å². The van der Waals surface area contributed by atoms with Crippen molar-refractivity contribution >= 4 is 35.1 Å². The first-order chi connectivity index (χ1) is 18.0. The van der Waals surface area contributed by atoms with E-state index in [-0.39, 0.29) is 37.5 Å². The predicted octanol–water partition coefficient (Wildman–Crippen LogP) is 3.90. The SMILES string of the molecule is C=CCN(C(=O)C1N([C@@H](CO)C(C)C)C(=O)[C@@H]2[C@H](C(=O)OCC)[C@]3(CC)CCC12O3)c1c(C)cccc1Cl. The van der Waals surface area contributed by atoms with Crippen LogP contribution in [0, 0.1) is 24.7 Å². The van der Waals surface area contributed by atoms with Crippen LogP contribution in [0.15, 0.2) is 30.9 Å². The van der Waals surface area contributed by atoms with Crippen molar-refractivity contribution < 1.29 is 29.0 Å². The second-order valence-corrected chi connectivity index (χ2v) is 11.4. The molecule has 2 amide bonds. The number of hydrogen-bond acceptors (Lipinski definition) is 6. The Hall–Kier alpha value is -2.42. The molecule has 1 N–H and O–H groups in total. The van der Waals surface area contributed by atoms with Crippen LogP contribution in [0.3, 0.4) is 0 Å². The van der Waals surface area contributed by atoms with Crippen LogP contribution in [0.2, 0.25) is 5.02 Å². The molecule has 0 saturated carbocycles. The molecule has 0 aliphatic carbocycles. The zero-order valence-electron chi connectivity index (χ0n) is 22.9. The van der Waals surface area contributed by atoms with Gasteiger partial charge in [-0.15, -0.1) is 6.58 Å². The predicted molar refractivity (Wildman–Crippen MR) is 145 cm³/mol. The van der Waals surface area contributed by atoms with Crippen LogP contribution < -0.4 is 4.90 Å². The van der Waals surface area contributed by atoms with Crippen LogP contribution in [-0.2, 0) is 23.9 Å². The summed E-state index contributed by atoms with van der Waals surface area (Å²) in [5.74, 6) is -3.04. The first-order valence-corrected chi connectivity index (χ1v) is 13.9. The number of nitrogens with zero attached hydrogens (tertiary/aromatic N) is 2. The summed E-state index contributed by atoms with van der Waals surface area (Å²) in [6.07, 6.45) is 3.10. The first kappa shape index (κ1) is 28.6. The fourth-order valence-corrected chi connectivity index (χ4v) is 7.36. The van der Waals surface area contributed by atoms with Crippen LogP contribution in [0.4, 0.5) is 5.69 Å². The summed E-state index contributed by atoms with van der Waals surface area (Å²) in [6.45, 7) is 13.2. The number of ether oxygens (including phenoxy) is 2. The summed E-state index contributed by atoms with van der Waals surface area (Å²) >= 11 is 6.61. The van der Waals surface area contributed by atoms with E-state index in [1.807, 2.05) is 39.8 Å². The molecule has 1 spiro atoms. The number of hydrogen-bond donors (Lipinski definition) is 1. The van der Waals surface area contributed by atoms with Crippen LogP contribution >= 0.6 is 11.6 Å². The zero-order valence-corrected chi connectivity index (χ0v) is 23.7. The van der Waals surface area contributed by atoms with Crippen molar-refractivity contribution in [3.63, 3.8) is 0 Å². The molecule has 3 aliphatic rings. The molecule has 208 valence electrons. The highest BCUT2D eigenvalue weighted by Gasteiger charge is 2.79. The maximum Gasteiger partial charge on any atom is 0.312 e. The summed E-state index contributed by atoms with van der Waals surface area (Å²) in [5, 5.41) is 10.8. The number of aryl methyl sites for hydroxylation is 1. The molecular weight excluding hydrogens is 508 g/mol. The van der Waals surface area contributed by atoms with E-state index in [4.69, 9.17) is 21.1 Å². The molecule has 2 unspecified atom stereocenters. The molecule has 3 aliphatic heterocycles. The Balaban J connectivity index is 1.92. The number of carbonyl (C=O) groups is 3. The van der Waals surface area contributed by atoms with Crippen molar-refractivity contribution in [2.75, 3.05) is 24.7 Å². The van der Waals surface area contributed by atoms with Gasteiger partial charge in [0.15, 0.2) is 0 Å². The minimum absolute atomic E-state index is 0.150. The molecule has 8 nitrogen and oxygen atoms in total. The van der Waals surface area contributed by atoms with E-state index in [0.717, 1.165) is 5.56 Å². The average molecular weight is 547 g/mol. The highest BCUT2D eigenvalue weighted by Crippen LogP contribution is 2.65. The maximum atomic E-state index is 14.7. The Labute approximate surface area is 229 Å². The monoisotopic (exact) mass is 546 g/mol. The lowest BCUT2D eigenvalue weighted by atomic mass is 9.65. The van der Waals surface area contributed by atoms with E-state index in [1.165, 1.54) is 4.90 Å². The number of halogens is 1. The average Bonchev–Trinajstić information content (AvgIpc) is 3.47. The summed E-state index contributed by atoms with van der Waals surface area (Å²) in [6, 6.07) is 3.71. The van der Waals surface area contributed by atoms with E-state index in [9.17, 15) is 19.5 Å². The molecule has 0 aromatic heterocycles. The lowest BCUT2D eigenvalue weighted by Gasteiger charge is -2.41. The molecule has 4 rings (SSSR count). The van der Waals surface area contributed by atoms with Gasteiger partial charge in [0.25, 0.3) is 5.91 Å². The van der Waals surface area contributed by atoms with Gasteiger partial charge in [0.1, 0.15) is 17.6 Å². The Morgan fingerprint density at radius 2 is 2.05 bits per heavy atom. The number of para-hydroxylation sites is 1. The van der Waals surface area contributed by atoms with Crippen LogP contribution in [0.25, 0.3) is 0 Å². The second-order valence-electron chi connectivity index (χ2n) is 11.0. The van der Waals surface area contributed by atoms with Crippen LogP contribution in [0.1, 0.15) is 52.5 Å². The van der Waals surface area contributed by atoms with E-state index in [1.54, 1.807) is 24.0 Å². The van der Waals surface area contributed by atoms with Gasteiger partial charge >= 0.3 is 5.97 Å². The molecule has 1 aromatic rings. The van der Waals surface area contributed by atoms with Crippen molar-refractivity contribution in [2.24, 2.45) is 17.8 Å². The first-order valence-electron chi connectivity index (χ1n) is 13.5. The molecule has 3 saturated heterocycles. The minimum Gasteiger partial charge on any atom is -0.466 e. The fourth-order valence-electron chi connectivity index (χ4n) is 7.04. The van der Waals surface area contributed by atoms with Gasteiger partial charge in [-0.3, -0.25) is 14.4 Å². The Kier molecular flexibility index (Phi) is 7.99. The van der Waals surface area contributed by atoms with Crippen molar-refractivity contribution in [1.29, 1.82) is 0 Å². The highest BCUT2D eigenvalue weighted by atomic mass is 35.5. The number of aliphatic hydroxyl groups excluding tert-OH is 1. The zero-order chi connectivity index (χ0) is 28.0. The largest absolute Gasteiger partial charge is 0.466 e. The number of likely N-dealkylation sites (tertiary alicyclic amines) is 1. The summed E-state index contributed by atoms with van der Waals surface area (Å²) < 4.78 is 12.2. The molecule has 3 fully saturated rings. The normalized spacial score (nSPS) is 30.5. The van der Waals surface area contributed by atoms with Gasteiger partial charge in [0, 0.05) is 6.54 Å². The fraction of sp³-hybridized carbons (Fsp3) is 0.621. The van der Waals surface area contributed by atoms with E-state index in [0.29, 0.717) is 30.0 Å². The number of carbonyl (C=O) groups excluding carboxylic acids is 3. The summed E-state index contributed by atoms with van der Waals surface area (Å²) in [5.41, 5.74) is -0.770. The number of anilines is 1. The topological polar surface area (TPSA) is 96.4 Å². The van der Waals surface area contributed by atoms with Gasteiger partial charge < -0.3 is 24.4 Å². The number of aliphatic hydroxyl groups is 1. The molecule has 0 radical (unpaired) electrons. The van der Waals surface area contributed by atoms with Gasteiger partial charge in [-0.25, -0.2) is 0 Å². The smallest absolute Gasteiger partial charge is 0.312 e. The molecule has 2 bridgehead atoms. The Morgan fingerprint density at radius 1 is 1.34 bits per heavy atom. The number of rotatable bonds is 10. The van der Waals surface area contributed by atoms with Gasteiger partial charge in [-0.1, -0.05) is 50.6 Å². The third-order valence-corrected chi connectivity index (χ3v) is 9.05. The van der Waals surface area contributed by atoms with Crippen LogP contribution in [-0.4, -0.2) is 70.8 Å². The van der Waals surface area contributed by atoms with Gasteiger partial charge in [0.2, 0.25) is 5.91 Å². The molecular formula is C29H39ClN2O6. The highest BCUT2D eigenvalue weighted by molar-refractivity contribution is 6.34. The van der Waals surface area contributed by atoms with E-state index >= 15 is 0 Å². The van der Waals surface area contributed by atoms with Crippen LogP contribution in [0.5, 0.6) is 0 Å². The van der Waals surface area contributed by atoms with Gasteiger partial charge in [0.05, 0.1) is 41.5 Å². The van der Waals surface area contributed by atoms with Crippen molar-refractivity contribution in [3.05, 3.63) is 41.4 Å².